The third-order valence-corrected chi connectivity index (χ3v) is 6.36. The Morgan fingerprint density at radius 1 is 1.11 bits per heavy atom. The van der Waals surface area contributed by atoms with Crippen molar-refractivity contribution in [2.24, 2.45) is 0 Å². The van der Waals surface area contributed by atoms with Crippen LogP contribution < -0.4 is 0 Å². The van der Waals surface area contributed by atoms with E-state index in [4.69, 9.17) is 4.74 Å². The fourth-order valence-corrected chi connectivity index (χ4v) is 5.21. The van der Waals surface area contributed by atoms with Crippen molar-refractivity contribution in [3.8, 4) is 5.88 Å². The minimum atomic E-state index is -0.0520. The normalized spacial score (nSPS) is 22.2. The van der Waals surface area contributed by atoms with Crippen LogP contribution in [0.25, 0.3) is 4.96 Å². The Labute approximate surface area is 169 Å². The molecule has 0 saturated carbocycles. The lowest BCUT2D eigenvalue weighted by atomic mass is 9.97. The molecule has 0 spiro atoms. The van der Waals surface area contributed by atoms with E-state index in [-0.39, 0.29) is 24.1 Å². The standard InChI is InChI=1S/C21H28N4O2S/c1-12(2)16-6-8-17(9-7-16)18(24-10-13(3)27-14(4)11-24)19-20(26)25-21(28-19)22-15(5)23-25/h6-9,12-14,18,26H,10-11H2,1-5H3. The molecule has 3 heterocycles. The number of aryl methyl sites for hydroxylation is 1. The van der Waals surface area contributed by atoms with Gasteiger partial charge in [-0.25, -0.2) is 4.98 Å². The van der Waals surface area contributed by atoms with Gasteiger partial charge in [-0.15, -0.1) is 5.10 Å². The molecule has 7 heteroatoms. The lowest BCUT2D eigenvalue weighted by Crippen LogP contribution is -2.47. The fraction of sp³-hybridized carbons (Fsp3) is 0.524. The van der Waals surface area contributed by atoms with Crippen LogP contribution in [0.2, 0.25) is 0 Å². The highest BCUT2D eigenvalue weighted by Gasteiger charge is 2.34. The average molecular weight is 401 g/mol. The van der Waals surface area contributed by atoms with Gasteiger partial charge in [-0.3, -0.25) is 4.90 Å². The molecule has 4 rings (SSSR count). The number of fused-ring (bicyclic) bond motifs is 1. The number of rotatable bonds is 4. The molecule has 0 amide bonds. The topological polar surface area (TPSA) is 62.9 Å². The number of thiazole rings is 1. The van der Waals surface area contributed by atoms with Crippen LogP contribution >= 0.6 is 11.3 Å². The largest absolute Gasteiger partial charge is 0.492 e. The summed E-state index contributed by atoms with van der Waals surface area (Å²) in [6.45, 7) is 12.1. The molecular weight excluding hydrogens is 372 g/mol. The van der Waals surface area contributed by atoms with E-state index >= 15 is 0 Å². The van der Waals surface area contributed by atoms with Gasteiger partial charge in [-0.1, -0.05) is 49.4 Å². The summed E-state index contributed by atoms with van der Waals surface area (Å²) in [5.41, 5.74) is 2.48. The molecule has 0 bridgehead atoms. The lowest BCUT2D eigenvalue weighted by Gasteiger charge is -2.40. The minimum absolute atomic E-state index is 0.0520. The molecule has 3 atom stereocenters. The first-order chi connectivity index (χ1) is 13.3. The van der Waals surface area contributed by atoms with Gasteiger partial charge in [0.2, 0.25) is 10.8 Å². The average Bonchev–Trinajstić information content (AvgIpc) is 3.13. The second-order valence-electron chi connectivity index (χ2n) is 8.08. The van der Waals surface area contributed by atoms with Crippen molar-refractivity contribution in [2.75, 3.05) is 13.1 Å². The van der Waals surface area contributed by atoms with Gasteiger partial charge in [0.25, 0.3) is 0 Å². The molecule has 1 aromatic carbocycles. The van der Waals surface area contributed by atoms with Crippen molar-refractivity contribution in [3.63, 3.8) is 0 Å². The summed E-state index contributed by atoms with van der Waals surface area (Å²) >= 11 is 1.51. The Bertz CT molecular complexity index is 953. The molecule has 1 saturated heterocycles. The number of aromatic nitrogens is 3. The molecule has 3 unspecified atom stereocenters. The van der Waals surface area contributed by atoms with E-state index in [9.17, 15) is 5.11 Å². The van der Waals surface area contributed by atoms with Gasteiger partial charge >= 0.3 is 0 Å². The molecule has 150 valence electrons. The monoisotopic (exact) mass is 400 g/mol. The summed E-state index contributed by atoms with van der Waals surface area (Å²) < 4.78 is 7.50. The first kappa shape index (κ1) is 19.4. The van der Waals surface area contributed by atoms with E-state index in [0.29, 0.717) is 11.7 Å². The maximum Gasteiger partial charge on any atom is 0.230 e. The van der Waals surface area contributed by atoms with Crippen LogP contribution in [0, 0.1) is 6.92 Å². The predicted octanol–water partition coefficient (Wildman–Crippen LogP) is 4.13. The minimum Gasteiger partial charge on any atom is -0.492 e. The van der Waals surface area contributed by atoms with Crippen LogP contribution in [0.4, 0.5) is 0 Å². The number of benzene rings is 1. The van der Waals surface area contributed by atoms with Crippen LogP contribution in [-0.4, -0.2) is 49.9 Å². The molecule has 1 aliphatic heterocycles. The molecule has 1 N–H and O–H groups in total. The van der Waals surface area contributed by atoms with Gasteiger partial charge in [0.15, 0.2) is 0 Å². The van der Waals surface area contributed by atoms with Crippen LogP contribution in [0.15, 0.2) is 24.3 Å². The van der Waals surface area contributed by atoms with Gasteiger partial charge < -0.3 is 9.84 Å². The molecule has 0 aliphatic carbocycles. The molecule has 1 fully saturated rings. The first-order valence-electron chi connectivity index (χ1n) is 9.88. The van der Waals surface area contributed by atoms with E-state index in [1.165, 1.54) is 22.5 Å². The number of hydrogen-bond acceptors (Lipinski definition) is 6. The Morgan fingerprint density at radius 3 is 2.29 bits per heavy atom. The second kappa shape index (κ2) is 7.46. The smallest absolute Gasteiger partial charge is 0.230 e. The maximum atomic E-state index is 11.0. The Kier molecular flexibility index (Phi) is 5.16. The fourth-order valence-electron chi connectivity index (χ4n) is 4.05. The van der Waals surface area contributed by atoms with Crippen molar-refractivity contribution >= 4 is 16.3 Å². The Hall–Kier alpha value is -1.96. The Morgan fingerprint density at radius 2 is 1.71 bits per heavy atom. The molecule has 1 aliphatic rings. The van der Waals surface area contributed by atoms with Crippen molar-refractivity contribution in [1.29, 1.82) is 0 Å². The van der Waals surface area contributed by atoms with Gasteiger partial charge in [-0.05, 0) is 37.8 Å². The summed E-state index contributed by atoms with van der Waals surface area (Å²) in [6.07, 6.45) is 0.292. The molecule has 3 aromatic rings. The van der Waals surface area contributed by atoms with Crippen LogP contribution in [0.3, 0.4) is 0 Å². The van der Waals surface area contributed by atoms with Gasteiger partial charge in [-0.2, -0.15) is 4.52 Å². The highest BCUT2D eigenvalue weighted by Crippen LogP contribution is 2.41. The zero-order valence-corrected chi connectivity index (χ0v) is 17.9. The van der Waals surface area contributed by atoms with Crippen LogP contribution in [-0.2, 0) is 4.74 Å². The molecule has 28 heavy (non-hydrogen) atoms. The third-order valence-electron chi connectivity index (χ3n) is 5.29. The molecule has 0 radical (unpaired) electrons. The molecular formula is C21H28N4O2S. The van der Waals surface area contributed by atoms with E-state index in [2.05, 4.69) is 66.9 Å². The summed E-state index contributed by atoms with van der Waals surface area (Å²) in [7, 11) is 0. The predicted molar refractivity (Wildman–Crippen MR) is 111 cm³/mol. The van der Waals surface area contributed by atoms with Gasteiger partial charge in [0, 0.05) is 13.1 Å². The number of hydrogen-bond donors (Lipinski definition) is 1. The number of ether oxygens (including phenoxy) is 1. The summed E-state index contributed by atoms with van der Waals surface area (Å²) in [5.74, 6) is 1.34. The maximum absolute atomic E-state index is 11.0. The number of nitrogens with zero attached hydrogens (tertiary/aromatic N) is 4. The van der Waals surface area contributed by atoms with E-state index in [0.717, 1.165) is 22.9 Å². The van der Waals surface area contributed by atoms with Crippen molar-refractivity contribution < 1.29 is 9.84 Å². The van der Waals surface area contributed by atoms with Crippen LogP contribution in [0.1, 0.15) is 61.5 Å². The van der Waals surface area contributed by atoms with E-state index in [1.807, 2.05) is 6.92 Å². The summed E-state index contributed by atoms with van der Waals surface area (Å²) in [4.78, 5) is 8.46. The van der Waals surface area contributed by atoms with Gasteiger partial charge in [0.05, 0.1) is 23.1 Å². The zero-order valence-electron chi connectivity index (χ0n) is 17.1. The molecule has 2 aromatic heterocycles. The van der Waals surface area contributed by atoms with Crippen LogP contribution in [0.5, 0.6) is 5.88 Å². The first-order valence-corrected chi connectivity index (χ1v) is 10.7. The highest BCUT2D eigenvalue weighted by atomic mass is 32.1. The summed E-state index contributed by atoms with van der Waals surface area (Å²) in [6, 6.07) is 8.71. The van der Waals surface area contributed by atoms with E-state index < -0.39 is 0 Å². The number of morpholine rings is 1. The van der Waals surface area contributed by atoms with Crippen molar-refractivity contribution in [2.45, 2.75) is 58.8 Å². The lowest BCUT2D eigenvalue weighted by molar-refractivity contribution is -0.0764. The van der Waals surface area contributed by atoms with Crippen molar-refractivity contribution in [1.82, 2.24) is 19.5 Å². The van der Waals surface area contributed by atoms with Gasteiger partial charge in [0.1, 0.15) is 5.82 Å². The zero-order chi connectivity index (χ0) is 20.0. The number of aromatic hydroxyl groups is 1. The summed E-state index contributed by atoms with van der Waals surface area (Å²) in [5, 5.41) is 15.3. The third kappa shape index (κ3) is 3.54. The molecule has 6 nitrogen and oxygen atoms in total. The quantitative estimate of drug-likeness (QED) is 0.714. The highest BCUT2D eigenvalue weighted by molar-refractivity contribution is 7.17. The van der Waals surface area contributed by atoms with Crippen molar-refractivity contribution in [3.05, 3.63) is 46.1 Å². The Balaban J connectivity index is 1.80. The second-order valence-corrected chi connectivity index (χ2v) is 9.09. The van der Waals surface area contributed by atoms with E-state index in [1.54, 1.807) is 4.52 Å². The SMILES string of the molecule is Cc1nc2sc(C(c3ccc(C(C)C)cc3)N3CC(C)OC(C)C3)c(O)n2n1.